The number of alkyl carbamates (subject to hydrolysis) is 1. The molecule has 5 atom stereocenters. The van der Waals surface area contributed by atoms with Crippen molar-refractivity contribution in [3.05, 3.63) is 71.8 Å². The van der Waals surface area contributed by atoms with Crippen LogP contribution in [0.5, 0.6) is 0 Å². The van der Waals surface area contributed by atoms with Gasteiger partial charge in [-0.05, 0) is 58.7 Å². The quantitative estimate of drug-likeness (QED) is 0.367. The first-order chi connectivity index (χ1) is 18.4. The Labute approximate surface area is 234 Å². The summed E-state index contributed by atoms with van der Waals surface area (Å²) in [6.07, 6.45) is -1.95. The van der Waals surface area contributed by atoms with Crippen molar-refractivity contribution < 1.29 is 33.3 Å². The van der Waals surface area contributed by atoms with Gasteiger partial charge in [0, 0.05) is 0 Å². The highest BCUT2D eigenvalue weighted by molar-refractivity contribution is 7.80. The van der Waals surface area contributed by atoms with Crippen LogP contribution in [0.3, 0.4) is 0 Å². The number of thiocarbonyl (C=S) groups is 1. The Hall–Kier alpha value is -3.05. The summed E-state index contributed by atoms with van der Waals surface area (Å²) in [7, 11) is 0. The van der Waals surface area contributed by atoms with Crippen molar-refractivity contribution in [2.75, 3.05) is 6.61 Å². The summed E-state index contributed by atoms with van der Waals surface area (Å²) in [6, 6.07) is 17.3. The molecule has 0 saturated carbocycles. The van der Waals surface area contributed by atoms with E-state index in [1.54, 1.807) is 58.9 Å². The SMILES string of the molecule is CC(C)(C)OC(=O)N[C@@H](Cc1ccccc1)C(=S)N[C@@H]1[C@H]2OC(C)(C)O[C@H]2O[C@@H]1COC(=O)c1ccccc1. The smallest absolute Gasteiger partial charge is 0.408 e. The van der Waals surface area contributed by atoms with Crippen LogP contribution in [0.25, 0.3) is 0 Å². The number of carbonyl (C=O) groups excluding carboxylic acids is 2. The van der Waals surface area contributed by atoms with E-state index in [4.69, 9.17) is 35.9 Å². The normalized spacial score (nSPS) is 24.3. The van der Waals surface area contributed by atoms with Crippen molar-refractivity contribution in [1.29, 1.82) is 0 Å². The molecule has 210 valence electrons. The van der Waals surface area contributed by atoms with Crippen LogP contribution >= 0.6 is 12.2 Å². The second-order valence-corrected chi connectivity index (χ2v) is 11.5. The van der Waals surface area contributed by atoms with E-state index < -0.39 is 54.0 Å². The predicted molar refractivity (Wildman–Crippen MR) is 148 cm³/mol. The van der Waals surface area contributed by atoms with Gasteiger partial charge in [-0.1, -0.05) is 60.7 Å². The Bertz CT molecular complexity index is 1150. The van der Waals surface area contributed by atoms with Crippen molar-refractivity contribution >= 4 is 29.3 Å². The fourth-order valence-corrected chi connectivity index (χ4v) is 4.76. The average molecular weight is 557 g/mol. The van der Waals surface area contributed by atoms with Gasteiger partial charge in [-0.25, -0.2) is 9.59 Å². The molecule has 2 aliphatic rings. The molecule has 0 unspecified atom stereocenters. The number of benzene rings is 2. The molecule has 1 amide bonds. The summed E-state index contributed by atoms with van der Waals surface area (Å²) in [5.41, 5.74) is 0.754. The topological polar surface area (TPSA) is 104 Å². The summed E-state index contributed by atoms with van der Waals surface area (Å²) in [5.74, 6) is -1.32. The summed E-state index contributed by atoms with van der Waals surface area (Å²) in [4.78, 5) is 25.6. The molecule has 39 heavy (non-hydrogen) atoms. The lowest BCUT2D eigenvalue weighted by molar-refractivity contribution is -0.210. The summed E-state index contributed by atoms with van der Waals surface area (Å²) in [6.45, 7) is 8.95. The first-order valence-corrected chi connectivity index (χ1v) is 13.4. The number of fused-ring (bicyclic) bond motifs is 1. The van der Waals surface area contributed by atoms with Gasteiger partial charge in [0.05, 0.1) is 22.6 Å². The van der Waals surface area contributed by atoms with Crippen molar-refractivity contribution in [3.63, 3.8) is 0 Å². The van der Waals surface area contributed by atoms with Gasteiger partial charge in [-0.15, -0.1) is 0 Å². The summed E-state index contributed by atoms with van der Waals surface area (Å²) in [5, 5.41) is 6.23. The lowest BCUT2D eigenvalue weighted by Gasteiger charge is -2.30. The number of amides is 1. The molecule has 2 aromatic rings. The van der Waals surface area contributed by atoms with Gasteiger partial charge in [0.2, 0.25) is 0 Å². The summed E-state index contributed by atoms with van der Waals surface area (Å²) >= 11 is 5.81. The minimum absolute atomic E-state index is 0.0446. The molecule has 0 aliphatic carbocycles. The molecule has 10 heteroatoms. The molecule has 2 heterocycles. The van der Waals surface area contributed by atoms with E-state index in [1.165, 1.54) is 0 Å². The van der Waals surface area contributed by atoms with E-state index in [-0.39, 0.29) is 6.61 Å². The third kappa shape index (κ3) is 7.98. The molecule has 2 aromatic carbocycles. The van der Waals surface area contributed by atoms with Crippen LogP contribution in [0.4, 0.5) is 4.79 Å². The monoisotopic (exact) mass is 556 g/mol. The zero-order valence-electron chi connectivity index (χ0n) is 22.8. The number of hydrogen-bond acceptors (Lipinski definition) is 8. The summed E-state index contributed by atoms with van der Waals surface area (Å²) < 4.78 is 29.2. The molecule has 0 radical (unpaired) electrons. The minimum Gasteiger partial charge on any atom is -0.459 e. The predicted octanol–water partition coefficient (Wildman–Crippen LogP) is 4.14. The lowest BCUT2D eigenvalue weighted by Crippen LogP contribution is -2.55. The van der Waals surface area contributed by atoms with Gasteiger partial charge in [0.15, 0.2) is 12.1 Å². The van der Waals surface area contributed by atoms with Gasteiger partial charge < -0.3 is 34.3 Å². The van der Waals surface area contributed by atoms with Gasteiger partial charge in [0.25, 0.3) is 0 Å². The Kier molecular flexibility index (Phi) is 8.90. The van der Waals surface area contributed by atoms with Gasteiger partial charge in [-0.2, -0.15) is 0 Å². The van der Waals surface area contributed by atoms with Crippen molar-refractivity contribution in [1.82, 2.24) is 10.6 Å². The Balaban J connectivity index is 1.50. The number of hydrogen-bond donors (Lipinski definition) is 2. The van der Waals surface area contributed by atoms with Crippen LogP contribution < -0.4 is 10.6 Å². The van der Waals surface area contributed by atoms with Crippen molar-refractivity contribution in [3.8, 4) is 0 Å². The highest BCUT2D eigenvalue weighted by atomic mass is 32.1. The number of rotatable bonds is 8. The average Bonchev–Trinajstić information content (AvgIpc) is 3.33. The third-order valence-electron chi connectivity index (χ3n) is 6.14. The number of nitrogens with one attached hydrogen (secondary N) is 2. The largest absolute Gasteiger partial charge is 0.459 e. The van der Waals surface area contributed by atoms with Crippen LogP contribution in [0.15, 0.2) is 60.7 Å². The highest BCUT2D eigenvalue weighted by Gasteiger charge is 2.55. The zero-order chi connectivity index (χ0) is 28.2. The highest BCUT2D eigenvalue weighted by Crippen LogP contribution is 2.37. The zero-order valence-corrected chi connectivity index (χ0v) is 23.7. The molecule has 4 rings (SSSR count). The standard InChI is InChI=1S/C29H36N2O7S/c1-28(2,3)38-27(33)30-20(16-18-12-8-6-9-13-18)24(39)31-22-21(35-26-23(22)36-29(4,5)37-26)17-34-25(32)19-14-10-7-11-15-19/h6-15,20-23,26H,16-17H2,1-5H3,(H,30,33)(H,31,39)/t20-,21+,22-,23+,26+/m0/s1. The second kappa shape index (κ2) is 12.0. The molecule has 2 aliphatic heterocycles. The van der Waals surface area contributed by atoms with Crippen LogP contribution in [-0.4, -0.2) is 65.6 Å². The molecule has 9 nitrogen and oxygen atoms in total. The van der Waals surface area contributed by atoms with E-state index in [2.05, 4.69) is 10.6 Å². The lowest BCUT2D eigenvalue weighted by atomic mass is 10.0. The molecule has 2 N–H and O–H groups in total. The first kappa shape index (κ1) is 28.9. The van der Waals surface area contributed by atoms with Crippen LogP contribution in [0.1, 0.15) is 50.5 Å². The molecule has 2 saturated heterocycles. The molecule has 0 spiro atoms. The second-order valence-electron chi connectivity index (χ2n) is 11.0. The van der Waals surface area contributed by atoms with Crippen LogP contribution in [0, 0.1) is 0 Å². The van der Waals surface area contributed by atoms with Crippen molar-refractivity contribution in [2.45, 2.75) is 83.0 Å². The molecule has 0 bridgehead atoms. The maximum absolute atomic E-state index is 12.7. The van der Waals surface area contributed by atoms with Gasteiger partial charge in [-0.3, -0.25) is 0 Å². The molecular formula is C29H36N2O7S. The third-order valence-corrected chi connectivity index (χ3v) is 6.54. The minimum atomic E-state index is -0.860. The van der Waals surface area contributed by atoms with Crippen LogP contribution in [0.2, 0.25) is 0 Å². The number of carbonyl (C=O) groups is 2. The maximum Gasteiger partial charge on any atom is 0.408 e. The van der Waals surface area contributed by atoms with E-state index in [0.717, 1.165) is 5.56 Å². The van der Waals surface area contributed by atoms with E-state index >= 15 is 0 Å². The van der Waals surface area contributed by atoms with Gasteiger partial charge in [0.1, 0.15) is 24.4 Å². The van der Waals surface area contributed by atoms with Gasteiger partial charge >= 0.3 is 12.1 Å². The number of esters is 1. The Morgan fingerprint density at radius 1 is 1.03 bits per heavy atom. The Morgan fingerprint density at radius 3 is 2.31 bits per heavy atom. The maximum atomic E-state index is 12.7. The first-order valence-electron chi connectivity index (χ1n) is 13.0. The van der Waals surface area contributed by atoms with E-state index in [1.807, 2.05) is 36.4 Å². The van der Waals surface area contributed by atoms with E-state index in [0.29, 0.717) is 17.0 Å². The number of ether oxygens (including phenoxy) is 5. The fourth-order valence-electron chi connectivity index (χ4n) is 4.48. The van der Waals surface area contributed by atoms with E-state index in [9.17, 15) is 9.59 Å². The molecule has 2 fully saturated rings. The molecule has 0 aromatic heterocycles. The van der Waals surface area contributed by atoms with Crippen molar-refractivity contribution in [2.24, 2.45) is 0 Å². The fraction of sp³-hybridized carbons (Fsp3) is 0.483. The van der Waals surface area contributed by atoms with Crippen LogP contribution in [-0.2, 0) is 30.1 Å². The molecular weight excluding hydrogens is 520 g/mol. The Morgan fingerprint density at radius 2 is 1.67 bits per heavy atom.